The van der Waals surface area contributed by atoms with Crippen molar-refractivity contribution in [1.82, 2.24) is 19.7 Å². The average Bonchev–Trinajstić information content (AvgIpc) is 2.85. The summed E-state index contributed by atoms with van der Waals surface area (Å²) >= 11 is 11.9. The van der Waals surface area contributed by atoms with E-state index in [1.165, 1.54) is 12.4 Å². The van der Waals surface area contributed by atoms with Gasteiger partial charge in [-0.25, -0.2) is 9.97 Å². The number of para-hydroxylation sites is 1. The summed E-state index contributed by atoms with van der Waals surface area (Å²) in [4.78, 5) is 8.05. The van der Waals surface area contributed by atoms with Gasteiger partial charge in [0.1, 0.15) is 5.52 Å². The molecule has 0 bridgehead atoms. The van der Waals surface area contributed by atoms with Crippen molar-refractivity contribution in [1.29, 1.82) is 0 Å². The first-order valence-electron chi connectivity index (χ1n) is 6.48. The Labute approximate surface area is 136 Å². The Morgan fingerprint density at radius 2 is 1.95 bits per heavy atom. The van der Waals surface area contributed by atoms with Gasteiger partial charge in [-0.15, -0.1) is 0 Å². The molecule has 0 saturated carbocycles. The molecule has 0 spiro atoms. The topological polar surface area (TPSA) is 62.1 Å². The molecule has 0 unspecified atom stereocenters. The first kappa shape index (κ1) is 15.0. The van der Waals surface area contributed by atoms with Crippen LogP contribution in [0.1, 0.15) is 0 Å². The molecule has 22 heavy (non-hydrogen) atoms. The number of fused-ring (bicyclic) bond motifs is 1. The molecule has 114 valence electrons. The number of ether oxygens (including phenoxy) is 2. The Morgan fingerprint density at radius 1 is 1.18 bits per heavy atom. The zero-order chi connectivity index (χ0) is 15.5. The van der Waals surface area contributed by atoms with Crippen LogP contribution < -0.4 is 4.74 Å². The lowest BCUT2D eigenvalue weighted by Crippen LogP contribution is -2.06. The van der Waals surface area contributed by atoms with Crippen LogP contribution in [0.5, 0.6) is 11.8 Å². The number of benzene rings is 1. The number of rotatable bonds is 5. The van der Waals surface area contributed by atoms with Gasteiger partial charge in [-0.05, 0) is 12.1 Å². The average molecular weight is 339 g/mol. The molecule has 0 aliphatic rings. The normalized spacial score (nSPS) is 11.0. The molecule has 0 atom stereocenters. The Morgan fingerprint density at radius 3 is 2.68 bits per heavy atom. The van der Waals surface area contributed by atoms with E-state index in [4.69, 9.17) is 32.7 Å². The summed E-state index contributed by atoms with van der Waals surface area (Å²) in [6, 6.07) is 5.72. The van der Waals surface area contributed by atoms with Gasteiger partial charge in [0, 0.05) is 12.5 Å². The minimum atomic E-state index is 0.201. The number of hydrogen-bond acceptors (Lipinski definition) is 5. The summed E-state index contributed by atoms with van der Waals surface area (Å²) in [6.45, 7) is 1.07. The van der Waals surface area contributed by atoms with E-state index in [1.54, 1.807) is 11.8 Å². The highest BCUT2D eigenvalue weighted by molar-refractivity contribution is 6.34. The minimum Gasteiger partial charge on any atom is -0.422 e. The van der Waals surface area contributed by atoms with E-state index in [2.05, 4.69) is 15.1 Å². The van der Waals surface area contributed by atoms with Crippen LogP contribution in [0.4, 0.5) is 0 Å². The van der Waals surface area contributed by atoms with Crippen molar-refractivity contribution >= 4 is 34.1 Å². The molecule has 6 nitrogen and oxygen atoms in total. The van der Waals surface area contributed by atoms with Crippen LogP contribution in [-0.2, 0) is 11.3 Å². The molecule has 0 aliphatic heterocycles. The third-order valence-corrected chi connectivity index (χ3v) is 3.47. The fourth-order valence-corrected chi connectivity index (χ4v) is 2.38. The van der Waals surface area contributed by atoms with Crippen molar-refractivity contribution in [2.45, 2.75) is 6.54 Å². The summed E-state index contributed by atoms with van der Waals surface area (Å²) in [6.07, 6.45) is 2.94. The second-order valence-corrected chi connectivity index (χ2v) is 5.24. The molecule has 0 fully saturated rings. The van der Waals surface area contributed by atoms with Crippen LogP contribution in [0.3, 0.4) is 0 Å². The monoisotopic (exact) mass is 338 g/mol. The Kier molecular flexibility index (Phi) is 4.42. The number of halogens is 2. The second kappa shape index (κ2) is 6.48. The van der Waals surface area contributed by atoms with Crippen molar-refractivity contribution in [3.63, 3.8) is 0 Å². The van der Waals surface area contributed by atoms with Crippen LogP contribution in [0.25, 0.3) is 10.9 Å². The Bertz CT molecular complexity index is 789. The van der Waals surface area contributed by atoms with Crippen molar-refractivity contribution in [3.05, 3.63) is 40.8 Å². The van der Waals surface area contributed by atoms with Gasteiger partial charge in [0.05, 0.1) is 30.6 Å². The molecule has 0 radical (unpaired) electrons. The molecule has 0 saturated heterocycles. The first-order valence-corrected chi connectivity index (χ1v) is 7.24. The molecular formula is C14H12Cl2N4O2. The zero-order valence-corrected chi connectivity index (χ0v) is 13.2. The Balaban J connectivity index is 2.02. The van der Waals surface area contributed by atoms with Crippen LogP contribution >= 0.6 is 23.2 Å². The molecule has 3 rings (SSSR count). The highest BCUT2D eigenvalue weighted by Gasteiger charge is 2.14. The molecule has 2 heterocycles. The van der Waals surface area contributed by atoms with Crippen molar-refractivity contribution in [2.24, 2.45) is 0 Å². The van der Waals surface area contributed by atoms with E-state index >= 15 is 0 Å². The first-order chi connectivity index (χ1) is 10.7. The predicted octanol–water partition coefficient (Wildman–Crippen LogP) is 3.57. The SMILES string of the molecule is COCCn1nc(Cl)c2cccc(Oc3ncc(Cl)cn3)c21. The fourth-order valence-electron chi connectivity index (χ4n) is 2.04. The summed E-state index contributed by atoms with van der Waals surface area (Å²) in [5, 5.41) is 5.95. The van der Waals surface area contributed by atoms with Gasteiger partial charge in [-0.2, -0.15) is 5.10 Å². The van der Waals surface area contributed by atoms with E-state index in [-0.39, 0.29) is 6.01 Å². The number of aromatic nitrogens is 4. The predicted molar refractivity (Wildman–Crippen MR) is 83.7 cm³/mol. The molecule has 0 aliphatic carbocycles. The summed E-state index contributed by atoms with van der Waals surface area (Å²) in [5.74, 6) is 0.565. The van der Waals surface area contributed by atoms with Gasteiger partial charge in [-0.1, -0.05) is 29.3 Å². The van der Waals surface area contributed by atoms with Crippen molar-refractivity contribution in [3.8, 4) is 11.8 Å². The van der Waals surface area contributed by atoms with Crippen LogP contribution in [0.15, 0.2) is 30.6 Å². The number of nitrogens with zero attached hydrogens (tertiary/aromatic N) is 4. The van der Waals surface area contributed by atoms with Crippen molar-refractivity contribution < 1.29 is 9.47 Å². The van der Waals surface area contributed by atoms with Gasteiger partial charge in [-0.3, -0.25) is 4.68 Å². The van der Waals surface area contributed by atoms with Crippen LogP contribution in [0, 0.1) is 0 Å². The maximum absolute atomic E-state index is 6.18. The van der Waals surface area contributed by atoms with E-state index < -0.39 is 0 Å². The van der Waals surface area contributed by atoms with E-state index in [1.807, 2.05) is 18.2 Å². The highest BCUT2D eigenvalue weighted by atomic mass is 35.5. The largest absolute Gasteiger partial charge is 0.422 e. The van der Waals surface area contributed by atoms with Gasteiger partial charge in [0.15, 0.2) is 10.9 Å². The molecule has 1 aromatic carbocycles. The summed E-state index contributed by atoms with van der Waals surface area (Å²) < 4.78 is 12.6. The quantitative estimate of drug-likeness (QED) is 0.711. The zero-order valence-electron chi connectivity index (χ0n) is 11.7. The maximum atomic E-state index is 6.18. The van der Waals surface area contributed by atoms with Crippen LogP contribution in [0.2, 0.25) is 10.2 Å². The highest BCUT2D eigenvalue weighted by Crippen LogP contribution is 2.32. The van der Waals surface area contributed by atoms with Gasteiger partial charge < -0.3 is 9.47 Å². The molecule has 0 N–H and O–H groups in total. The van der Waals surface area contributed by atoms with Crippen LogP contribution in [-0.4, -0.2) is 33.5 Å². The molecular weight excluding hydrogens is 327 g/mol. The lowest BCUT2D eigenvalue weighted by atomic mass is 10.2. The summed E-state index contributed by atoms with van der Waals surface area (Å²) in [7, 11) is 1.63. The summed E-state index contributed by atoms with van der Waals surface area (Å²) in [5.41, 5.74) is 0.767. The minimum absolute atomic E-state index is 0.201. The third kappa shape index (κ3) is 2.99. The lowest BCUT2D eigenvalue weighted by molar-refractivity contribution is 0.184. The molecule has 0 amide bonds. The van der Waals surface area contributed by atoms with Gasteiger partial charge >= 0.3 is 6.01 Å². The van der Waals surface area contributed by atoms with Crippen molar-refractivity contribution in [2.75, 3.05) is 13.7 Å². The lowest BCUT2D eigenvalue weighted by Gasteiger charge is -2.08. The van der Waals surface area contributed by atoms with Gasteiger partial charge in [0.25, 0.3) is 0 Å². The second-order valence-electron chi connectivity index (χ2n) is 4.44. The molecule has 3 aromatic rings. The van der Waals surface area contributed by atoms with Gasteiger partial charge in [0.2, 0.25) is 0 Å². The Hall–Kier alpha value is -1.89. The molecule has 8 heteroatoms. The third-order valence-electron chi connectivity index (χ3n) is 2.99. The number of methoxy groups -OCH3 is 1. The maximum Gasteiger partial charge on any atom is 0.322 e. The number of hydrogen-bond donors (Lipinski definition) is 0. The smallest absolute Gasteiger partial charge is 0.322 e. The fraction of sp³-hybridized carbons (Fsp3) is 0.214. The van der Waals surface area contributed by atoms with E-state index in [9.17, 15) is 0 Å². The standard InChI is InChI=1S/C14H12Cl2N4O2/c1-21-6-5-20-12-10(13(16)19-20)3-2-4-11(12)22-14-17-7-9(15)8-18-14/h2-4,7-8H,5-6H2,1H3. The van der Waals surface area contributed by atoms with E-state index in [0.29, 0.717) is 29.1 Å². The van der Waals surface area contributed by atoms with E-state index in [0.717, 1.165) is 10.9 Å². The molecule has 2 aromatic heterocycles.